The lowest BCUT2D eigenvalue weighted by Crippen LogP contribution is -2.27. The summed E-state index contributed by atoms with van der Waals surface area (Å²) >= 11 is 3.20. The number of hydrogen-bond acceptors (Lipinski definition) is 4. The summed E-state index contributed by atoms with van der Waals surface area (Å²) in [7, 11) is -2.16. The smallest absolute Gasteiger partial charge is 0.246 e. The standard InChI is InChI=1S/C13H14BrN3O2S/c1-17(9-10-5-3-2-4-6-10)20(18,19)12-7-11(14)8-16-13(12)15/h2-8H,9H2,1H3,(H2,15,16). The van der Waals surface area contributed by atoms with Crippen LogP contribution in [0, 0.1) is 0 Å². The van der Waals surface area contributed by atoms with Gasteiger partial charge in [-0.2, -0.15) is 4.31 Å². The number of aromatic nitrogens is 1. The van der Waals surface area contributed by atoms with Crippen LogP contribution in [-0.2, 0) is 16.6 Å². The Morgan fingerprint density at radius 2 is 1.95 bits per heavy atom. The topological polar surface area (TPSA) is 76.3 Å². The van der Waals surface area contributed by atoms with Crippen LogP contribution in [0.2, 0.25) is 0 Å². The van der Waals surface area contributed by atoms with E-state index >= 15 is 0 Å². The molecule has 2 aromatic rings. The maximum absolute atomic E-state index is 12.5. The average Bonchev–Trinajstić information content (AvgIpc) is 2.42. The molecule has 1 heterocycles. The first-order chi connectivity index (χ1) is 9.41. The van der Waals surface area contributed by atoms with Crippen molar-refractivity contribution >= 4 is 31.8 Å². The van der Waals surface area contributed by atoms with Crippen LogP contribution in [0.4, 0.5) is 5.82 Å². The van der Waals surface area contributed by atoms with Gasteiger partial charge in [0, 0.05) is 24.3 Å². The van der Waals surface area contributed by atoms with Gasteiger partial charge in [0.25, 0.3) is 0 Å². The van der Waals surface area contributed by atoms with Gasteiger partial charge in [-0.25, -0.2) is 13.4 Å². The lowest BCUT2D eigenvalue weighted by Gasteiger charge is -2.18. The Morgan fingerprint density at radius 3 is 2.60 bits per heavy atom. The van der Waals surface area contributed by atoms with E-state index in [2.05, 4.69) is 20.9 Å². The minimum absolute atomic E-state index is 0.00491. The van der Waals surface area contributed by atoms with Crippen LogP contribution < -0.4 is 5.73 Å². The van der Waals surface area contributed by atoms with Crippen molar-refractivity contribution < 1.29 is 8.42 Å². The number of halogens is 1. The molecule has 0 saturated carbocycles. The van der Waals surface area contributed by atoms with Crippen molar-refractivity contribution in [3.8, 4) is 0 Å². The largest absolute Gasteiger partial charge is 0.383 e. The van der Waals surface area contributed by atoms with Gasteiger partial charge in [0.1, 0.15) is 10.7 Å². The Labute approximate surface area is 126 Å². The summed E-state index contributed by atoms with van der Waals surface area (Å²) < 4.78 is 26.8. The molecule has 0 aliphatic rings. The Morgan fingerprint density at radius 1 is 1.30 bits per heavy atom. The third kappa shape index (κ3) is 3.17. The normalized spacial score (nSPS) is 11.8. The van der Waals surface area contributed by atoms with Crippen molar-refractivity contribution in [2.24, 2.45) is 0 Å². The van der Waals surface area contributed by atoms with E-state index < -0.39 is 10.0 Å². The number of anilines is 1. The molecule has 0 saturated heterocycles. The molecule has 0 atom stereocenters. The van der Waals surface area contributed by atoms with E-state index in [4.69, 9.17) is 5.73 Å². The molecule has 2 N–H and O–H groups in total. The van der Waals surface area contributed by atoms with Crippen LogP contribution in [0.1, 0.15) is 5.56 Å². The fraction of sp³-hybridized carbons (Fsp3) is 0.154. The molecule has 0 aliphatic carbocycles. The fourth-order valence-electron chi connectivity index (χ4n) is 1.73. The Balaban J connectivity index is 2.32. The van der Waals surface area contributed by atoms with Crippen LogP contribution >= 0.6 is 15.9 Å². The predicted octanol–water partition coefficient (Wildman–Crippen LogP) is 2.25. The van der Waals surface area contributed by atoms with Crippen molar-refractivity contribution in [1.29, 1.82) is 0 Å². The zero-order chi connectivity index (χ0) is 14.8. The molecule has 2 rings (SSSR count). The number of nitrogen functional groups attached to an aromatic ring is 1. The second-order valence-electron chi connectivity index (χ2n) is 4.28. The Hall–Kier alpha value is -1.44. The number of rotatable bonds is 4. The van der Waals surface area contributed by atoms with Crippen LogP contribution in [0.15, 0.2) is 52.0 Å². The van der Waals surface area contributed by atoms with Gasteiger partial charge in [0.05, 0.1) is 0 Å². The fourth-order valence-corrected chi connectivity index (χ4v) is 3.46. The van der Waals surface area contributed by atoms with Crippen LogP contribution in [0.25, 0.3) is 0 Å². The molecule has 0 unspecified atom stereocenters. The van der Waals surface area contributed by atoms with E-state index in [0.717, 1.165) is 5.56 Å². The number of nitrogens with two attached hydrogens (primary N) is 1. The summed E-state index contributed by atoms with van der Waals surface area (Å²) in [5.41, 5.74) is 6.57. The van der Waals surface area contributed by atoms with Gasteiger partial charge in [-0.1, -0.05) is 30.3 Å². The number of hydrogen-bond donors (Lipinski definition) is 1. The van der Waals surface area contributed by atoms with Crippen LogP contribution in [0.5, 0.6) is 0 Å². The molecule has 20 heavy (non-hydrogen) atoms. The van der Waals surface area contributed by atoms with Gasteiger partial charge in [-0.05, 0) is 27.6 Å². The van der Waals surface area contributed by atoms with Gasteiger partial charge in [-0.3, -0.25) is 0 Å². The number of benzene rings is 1. The van der Waals surface area contributed by atoms with Crippen molar-refractivity contribution in [1.82, 2.24) is 9.29 Å². The molecule has 1 aromatic heterocycles. The number of pyridine rings is 1. The Kier molecular flexibility index (Phi) is 4.42. The third-order valence-corrected chi connectivity index (χ3v) is 5.05. The molecule has 0 fully saturated rings. The first-order valence-electron chi connectivity index (χ1n) is 5.82. The monoisotopic (exact) mass is 355 g/mol. The van der Waals surface area contributed by atoms with Gasteiger partial charge >= 0.3 is 0 Å². The second-order valence-corrected chi connectivity index (χ2v) is 7.21. The summed E-state index contributed by atoms with van der Waals surface area (Å²) in [6.45, 7) is 0.273. The summed E-state index contributed by atoms with van der Waals surface area (Å²) in [4.78, 5) is 3.86. The molecule has 0 aliphatic heterocycles. The number of nitrogens with zero attached hydrogens (tertiary/aromatic N) is 2. The SMILES string of the molecule is CN(Cc1ccccc1)S(=O)(=O)c1cc(Br)cnc1N. The van der Waals surface area contributed by atoms with Crippen molar-refractivity contribution in [2.45, 2.75) is 11.4 Å². The lowest BCUT2D eigenvalue weighted by molar-refractivity contribution is 0.467. The molecular formula is C13H14BrN3O2S. The van der Waals surface area contributed by atoms with Crippen molar-refractivity contribution in [2.75, 3.05) is 12.8 Å². The van der Waals surface area contributed by atoms with Gasteiger partial charge in [0.2, 0.25) is 10.0 Å². The minimum atomic E-state index is -3.67. The van der Waals surface area contributed by atoms with Gasteiger partial charge in [0.15, 0.2) is 0 Å². The van der Waals surface area contributed by atoms with E-state index in [-0.39, 0.29) is 17.3 Å². The summed E-state index contributed by atoms with van der Waals surface area (Å²) in [5.74, 6) is -0.00638. The minimum Gasteiger partial charge on any atom is -0.383 e. The highest BCUT2D eigenvalue weighted by atomic mass is 79.9. The molecule has 5 nitrogen and oxygen atoms in total. The number of sulfonamides is 1. The maximum atomic E-state index is 12.5. The van der Waals surface area contributed by atoms with E-state index in [0.29, 0.717) is 4.47 Å². The first kappa shape index (κ1) is 15.0. The van der Waals surface area contributed by atoms with E-state index in [1.54, 1.807) is 0 Å². The highest BCUT2D eigenvalue weighted by Gasteiger charge is 2.24. The zero-order valence-corrected chi connectivity index (χ0v) is 13.2. The van der Waals surface area contributed by atoms with Crippen LogP contribution in [0.3, 0.4) is 0 Å². The Bertz CT molecular complexity index is 705. The van der Waals surface area contributed by atoms with E-state index in [1.165, 1.54) is 23.6 Å². The summed E-state index contributed by atoms with van der Waals surface area (Å²) in [6, 6.07) is 10.8. The summed E-state index contributed by atoms with van der Waals surface area (Å²) in [5, 5.41) is 0. The van der Waals surface area contributed by atoms with Crippen molar-refractivity contribution in [3.63, 3.8) is 0 Å². The predicted molar refractivity (Wildman–Crippen MR) is 81.4 cm³/mol. The quantitative estimate of drug-likeness (QED) is 0.912. The highest BCUT2D eigenvalue weighted by molar-refractivity contribution is 9.10. The molecule has 0 bridgehead atoms. The molecule has 1 aromatic carbocycles. The van der Waals surface area contributed by atoms with Crippen LogP contribution in [-0.4, -0.2) is 24.8 Å². The highest BCUT2D eigenvalue weighted by Crippen LogP contribution is 2.24. The third-order valence-electron chi connectivity index (χ3n) is 2.78. The lowest BCUT2D eigenvalue weighted by atomic mass is 10.2. The maximum Gasteiger partial charge on any atom is 0.246 e. The van der Waals surface area contributed by atoms with Crippen molar-refractivity contribution in [3.05, 3.63) is 52.6 Å². The first-order valence-corrected chi connectivity index (χ1v) is 8.06. The molecule has 0 radical (unpaired) electrons. The van der Waals surface area contributed by atoms with E-state index in [1.807, 2.05) is 30.3 Å². The molecule has 106 valence electrons. The van der Waals surface area contributed by atoms with Gasteiger partial charge < -0.3 is 5.73 Å². The summed E-state index contributed by atoms with van der Waals surface area (Å²) in [6.07, 6.45) is 1.46. The average molecular weight is 356 g/mol. The second kappa shape index (κ2) is 5.90. The van der Waals surface area contributed by atoms with Gasteiger partial charge in [-0.15, -0.1) is 0 Å². The molecule has 0 spiro atoms. The van der Waals surface area contributed by atoms with E-state index in [9.17, 15) is 8.42 Å². The zero-order valence-electron chi connectivity index (χ0n) is 10.8. The molecule has 7 heteroatoms. The molecular weight excluding hydrogens is 342 g/mol. The molecule has 0 amide bonds.